The fourth-order valence-corrected chi connectivity index (χ4v) is 2.98. The maximum absolute atomic E-state index is 12.5. The number of amides is 1. The quantitative estimate of drug-likeness (QED) is 0.695. The van der Waals surface area contributed by atoms with Crippen LogP contribution in [-0.2, 0) is 11.3 Å². The predicted octanol–water partition coefficient (Wildman–Crippen LogP) is 3.10. The monoisotopic (exact) mass is 372 g/mol. The van der Waals surface area contributed by atoms with E-state index in [0.717, 1.165) is 25.9 Å². The molecule has 0 saturated carbocycles. The molecule has 1 aromatic carbocycles. The van der Waals surface area contributed by atoms with Crippen molar-refractivity contribution in [3.63, 3.8) is 0 Å². The van der Waals surface area contributed by atoms with E-state index < -0.39 is 0 Å². The van der Waals surface area contributed by atoms with Gasteiger partial charge < -0.3 is 18.9 Å². The number of ether oxygens (including phenoxy) is 2. The summed E-state index contributed by atoms with van der Waals surface area (Å²) >= 11 is 0. The normalized spacial score (nSPS) is 16.7. The van der Waals surface area contributed by atoms with Gasteiger partial charge in [-0.15, -0.1) is 0 Å². The molecular weight excluding hydrogens is 348 g/mol. The van der Waals surface area contributed by atoms with Crippen molar-refractivity contribution in [2.45, 2.75) is 38.9 Å². The molecule has 0 N–H and O–H groups in total. The van der Waals surface area contributed by atoms with Crippen molar-refractivity contribution in [3.8, 4) is 5.75 Å². The van der Waals surface area contributed by atoms with Crippen molar-refractivity contribution in [3.05, 3.63) is 47.3 Å². The Balaban J connectivity index is 1.55. The number of likely N-dealkylation sites (N-methyl/N-ethyl adjacent to an activating group) is 1. The number of rotatable bonds is 7. The van der Waals surface area contributed by atoms with E-state index in [1.807, 2.05) is 0 Å². The lowest BCUT2D eigenvalue weighted by molar-refractivity contribution is -0.000360. The third-order valence-corrected chi connectivity index (χ3v) is 4.50. The van der Waals surface area contributed by atoms with E-state index >= 15 is 0 Å². The van der Waals surface area contributed by atoms with Crippen molar-refractivity contribution in [1.82, 2.24) is 10.1 Å². The van der Waals surface area contributed by atoms with E-state index in [-0.39, 0.29) is 30.1 Å². The van der Waals surface area contributed by atoms with Crippen LogP contribution >= 0.6 is 0 Å². The summed E-state index contributed by atoms with van der Waals surface area (Å²) < 4.78 is 16.5. The number of ketones is 1. The Morgan fingerprint density at radius 1 is 1.30 bits per heavy atom. The average Bonchev–Trinajstić information content (AvgIpc) is 3.15. The fourth-order valence-electron chi connectivity index (χ4n) is 2.98. The van der Waals surface area contributed by atoms with Gasteiger partial charge in [-0.2, -0.15) is 0 Å². The van der Waals surface area contributed by atoms with Crippen molar-refractivity contribution in [1.29, 1.82) is 0 Å². The highest BCUT2D eigenvalue weighted by molar-refractivity contribution is 5.94. The number of hydrogen-bond donors (Lipinski definition) is 0. The lowest BCUT2D eigenvalue weighted by Crippen LogP contribution is -2.37. The molecule has 1 atom stereocenters. The number of carbonyl (C=O) groups excluding carboxylic acids is 2. The molecule has 0 aliphatic carbocycles. The third kappa shape index (κ3) is 5.17. The molecule has 3 rings (SSSR count). The zero-order valence-corrected chi connectivity index (χ0v) is 15.6. The molecule has 0 unspecified atom stereocenters. The number of hydrogen-bond acceptors (Lipinski definition) is 6. The smallest absolute Gasteiger partial charge is 0.275 e. The van der Waals surface area contributed by atoms with Gasteiger partial charge in [0.05, 0.1) is 6.10 Å². The summed E-state index contributed by atoms with van der Waals surface area (Å²) in [7, 11) is 1.73. The van der Waals surface area contributed by atoms with Crippen molar-refractivity contribution < 1.29 is 23.6 Å². The van der Waals surface area contributed by atoms with Crippen molar-refractivity contribution in [2.75, 3.05) is 20.2 Å². The van der Waals surface area contributed by atoms with Crippen LogP contribution in [0.5, 0.6) is 5.75 Å². The highest BCUT2D eigenvalue weighted by atomic mass is 16.5. The van der Waals surface area contributed by atoms with E-state index in [0.29, 0.717) is 23.6 Å². The Kier molecular flexibility index (Phi) is 6.24. The van der Waals surface area contributed by atoms with Gasteiger partial charge in [-0.1, -0.05) is 17.3 Å². The van der Waals surface area contributed by atoms with Crippen LogP contribution in [0.25, 0.3) is 0 Å². The Bertz CT molecular complexity index is 795. The SMILES string of the molecule is CC(=O)c1cccc(OCc2cc(C(=O)N(C)C[C@@H]3CCCCO3)no2)c1. The van der Waals surface area contributed by atoms with Crippen LogP contribution in [0.3, 0.4) is 0 Å². The van der Waals surface area contributed by atoms with Crippen LogP contribution in [0, 0.1) is 0 Å². The molecule has 2 heterocycles. The lowest BCUT2D eigenvalue weighted by atomic mass is 10.1. The Labute approximate surface area is 158 Å². The summed E-state index contributed by atoms with van der Waals surface area (Å²) in [6.45, 7) is 2.91. The van der Waals surface area contributed by atoms with Crippen LogP contribution in [0.4, 0.5) is 0 Å². The minimum Gasteiger partial charge on any atom is -0.486 e. The standard InChI is InChI=1S/C20H24N2O5/c1-14(23)15-6-5-8-16(10-15)26-13-18-11-19(21-27-18)20(24)22(2)12-17-7-3-4-9-25-17/h5-6,8,10-11,17H,3-4,7,9,12-13H2,1-2H3/t17-/m0/s1. The van der Waals surface area contributed by atoms with E-state index in [9.17, 15) is 9.59 Å². The summed E-state index contributed by atoms with van der Waals surface area (Å²) in [6, 6.07) is 8.49. The number of carbonyl (C=O) groups is 2. The van der Waals surface area contributed by atoms with Crippen molar-refractivity contribution >= 4 is 11.7 Å². The van der Waals surface area contributed by atoms with Gasteiger partial charge in [0.2, 0.25) is 0 Å². The molecule has 0 radical (unpaired) electrons. The number of nitrogens with zero attached hydrogens (tertiary/aromatic N) is 2. The second-order valence-corrected chi connectivity index (χ2v) is 6.73. The maximum atomic E-state index is 12.5. The second-order valence-electron chi connectivity index (χ2n) is 6.73. The summed E-state index contributed by atoms with van der Waals surface area (Å²) in [4.78, 5) is 25.5. The van der Waals surface area contributed by atoms with Crippen LogP contribution in [0.1, 0.15) is 52.8 Å². The fraction of sp³-hybridized carbons (Fsp3) is 0.450. The molecule has 1 amide bonds. The van der Waals surface area contributed by atoms with Gasteiger partial charge in [-0.3, -0.25) is 9.59 Å². The molecule has 2 aromatic rings. The van der Waals surface area contributed by atoms with E-state index in [2.05, 4.69) is 5.16 Å². The minimum absolute atomic E-state index is 0.0296. The zero-order valence-electron chi connectivity index (χ0n) is 15.6. The zero-order chi connectivity index (χ0) is 19.2. The molecule has 7 nitrogen and oxygen atoms in total. The first-order chi connectivity index (χ1) is 13.0. The van der Waals surface area contributed by atoms with Gasteiger partial charge in [0.25, 0.3) is 5.91 Å². The molecule has 0 spiro atoms. The predicted molar refractivity (Wildman–Crippen MR) is 97.8 cm³/mol. The summed E-state index contributed by atoms with van der Waals surface area (Å²) in [5, 5.41) is 3.85. The molecule has 1 saturated heterocycles. The average molecular weight is 372 g/mol. The first-order valence-corrected chi connectivity index (χ1v) is 9.09. The van der Waals surface area contributed by atoms with Gasteiger partial charge in [-0.25, -0.2) is 0 Å². The maximum Gasteiger partial charge on any atom is 0.275 e. The number of benzene rings is 1. The molecule has 7 heteroatoms. The summed E-state index contributed by atoms with van der Waals surface area (Å²) in [5.74, 6) is 0.753. The molecule has 27 heavy (non-hydrogen) atoms. The van der Waals surface area contributed by atoms with E-state index in [1.54, 1.807) is 42.3 Å². The van der Waals surface area contributed by atoms with E-state index in [4.69, 9.17) is 14.0 Å². The Morgan fingerprint density at radius 3 is 2.89 bits per heavy atom. The molecule has 1 aliphatic rings. The Hall–Kier alpha value is -2.67. The molecule has 1 aliphatic heterocycles. The molecule has 0 bridgehead atoms. The molecule has 144 valence electrons. The highest BCUT2D eigenvalue weighted by Gasteiger charge is 2.22. The lowest BCUT2D eigenvalue weighted by Gasteiger charge is -2.26. The largest absolute Gasteiger partial charge is 0.486 e. The van der Waals surface area contributed by atoms with E-state index in [1.165, 1.54) is 6.92 Å². The third-order valence-electron chi connectivity index (χ3n) is 4.50. The summed E-state index contributed by atoms with van der Waals surface area (Å²) in [6.07, 6.45) is 3.25. The second kappa shape index (κ2) is 8.81. The van der Waals surface area contributed by atoms with Gasteiger partial charge >= 0.3 is 0 Å². The van der Waals surface area contributed by atoms with Gasteiger partial charge in [0, 0.05) is 31.8 Å². The minimum atomic E-state index is -0.210. The van der Waals surface area contributed by atoms with Gasteiger partial charge in [0.15, 0.2) is 17.2 Å². The number of aromatic nitrogens is 1. The summed E-state index contributed by atoms with van der Waals surface area (Å²) in [5.41, 5.74) is 0.817. The van der Waals surface area contributed by atoms with Crippen LogP contribution in [0.2, 0.25) is 0 Å². The van der Waals surface area contributed by atoms with Crippen LogP contribution in [0.15, 0.2) is 34.9 Å². The highest BCUT2D eigenvalue weighted by Crippen LogP contribution is 2.17. The topological polar surface area (TPSA) is 81.9 Å². The molecule has 1 aromatic heterocycles. The number of Topliss-reactive ketones (excluding diaryl/α,β-unsaturated/α-hetero) is 1. The van der Waals surface area contributed by atoms with Crippen LogP contribution in [-0.4, -0.2) is 48.1 Å². The first kappa shape index (κ1) is 19.1. The first-order valence-electron chi connectivity index (χ1n) is 9.09. The molecular formula is C20H24N2O5. The molecule has 1 fully saturated rings. The van der Waals surface area contributed by atoms with Crippen LogP contribution < -0.4 is 4.74 Å². The Morgan fingerprint density at radius 2 is 2.15 bits per heavy atom. The van der Waals surface area contributed by atoms with Gasteiger partial charge in [0.1, 0.15) is 12.4 Å². The van der Waals surface area contributed by atoms with Gasteiger partial charge in [-0.05, 0) is 38.3 Å². The van der Waals surface area contributed by atoms with Crippen molar-refractivity contribution in [2.24, 2.45) is 0 Å².